The van der Waals surface area contributed by atoms with Gasteiger partial charge in [-0.3, -0.25) is 19.0 Å². The van der Waals surface area contributed by atoms with Crippen LogP contribution in [0.1, 0.15) is 11.3 Å². The van der Waals surface area contributed by atoms with E-state index in [0.717, 1.165) is 11.1 Å². The van der Waals surface area contributed by atoms with Crippen molar-refractivity contribution in [3.63, 3.8) is 0 Å². The molecule has 154 valence electrons. The number of hydrogen-bond donors (Lipinski definition) is 2. The van der Waals surface area contributed by atoms with Gasteiger partial charge in [0.2, 0.25) is 0 Å². The Morgan fingerprint density at radius 3 is 2.70 bits per heavy atom. The number of hydrogen-bond acceptors (Lipinski definition) is 7. The Kier molecular flexibility index (Phi) is 4.97. The molecule has 4 aromatic rings. The molecule has 0 bridgehead atoms. The van der Waals surface area contributed by atoms with Gasteiger partial charge in [-0.25, -0.2) is 4.79 Å². The summed E-state index contributed by atoms with van der Waals surface area (Å²) in [5.41, 5.74) is 7.65. The van der Waals surface area contributed by atoms with Crippen molar-refractivity contribution in [3.05, 3.63) is 81.0 Å². The zero-order chi connectivity index (χ0) is 21.3. The topological polar surface area (TPSA) is 128 Å². The lowest BCUT2D eigenvalue weighted by Gasteiger charge is -2.20. The number of aromatic amines is 1. The van der Waals surface area contributed by atoms with Crippen molar-refractivity contribution in [3.8, 4) is 11.3 Å². The van der Waals surface area contributed by atoms with Crippen LogP contribution in [-0.2, 0) is 20.1 Å². The van der Waals surface area contributed by atoms with E-state index in [4.69, 9.17) is 10.3 Å². The summed E-state index contributed by atoms with van der Waals surface area (Å²) in [7, 11) is 3.52. The zero-order valence-corrected chi connectivity index (χ0v) is 16.6. The van der Waals surface area contributed by atoms with Crippen LogP contribution in [0.5, 0.6) is 0 Å². The summed E-state index contributed by atoms with van der Waals surface area (Å²) in [6.45, 7) is 0.487. The van der Waals surface area contributed by atoms with Gasteiger partial charge in [-0.05, 0) is 5.56 Å². The minimum absolute atomic E-state index is 0.0853. The van der Waals surface area contributed by atoms with Gasteiger partial charge in [0.25, 0.3) is 5.56 Å². The van der Waals surface area contributed by atoms with Crippen LogP contribution in [0, 0.1) is 0 Å². The lowest BCUT2D eigenvalue weighted by Crippen LogP contribution is -2.37. The average molecular weight is 407 g/mol. The van der Waals surface area contributed by atoms with Gasteiger partial charge in [0.05, 0.1) is 19.3 Å². The molecule has 0 spiro atoms. The maximum absolute atomic E-state index is 12.5. The van der Waals surface area contributed by atoms with E-state index in [0.29, 0.717) is 11.5 Å². The molecular weight excluding hydrogens is 386 g/mol. The Hall–Kier alpha value is -4.08. The van der Waals surface area contributed by atoms with Crippen molar-refractivity contribution >= 4 is 11.5 Å². The smallest absolute Gasteiger partial charge is 0.330 e. The predicted octanol–water partition coefficient (Wildman–Crippen LogP) is 1.19. The lowest BCUT2D eigenvalue weighted by molar-refractivity contribution is 0.385. The van der Waals surface area contributed by atoms with E-state index in [1.54, 1.807) is 28.9 Å². The second kappa shape index (κ2) is 7.74. The van der Waals surface area contributed by atoms with Crippen LogP contribution < -0.4 is 21.9 Å². The first-order chi connectivity index (χ1) is 14.4. The molecule has 3 N–H and O–H groups in total. The number of rotatable bonds is 6. The first-order valence-corrected chi connectivity index (χ1v) is 9.24. The third-order valence-electron chi connectivity index (χ3n) is 4.73. The number of aromatic nitrogens is 5. The molecule has 1 aromatic carbocycles. The van der Waals surface area contributed by atoms with Gasteiger partial charge in [-0.1, -0.05) is 35.5 Å². The van der Waals surface area contributed by atoms with E-state index >= 15 is 0 Å². The molecule has 0 aliphatic rings. The number of H-pyrrole nitrogens is 1. The fourth-order valence-corrected chi connectivity index (χ4v) is 3.26. The first-order valence-electron chi connectivity index (χ1n) is 9.24. The molecule has 0 saturated heterocycles. The highest BCUT2D eigenvalue weighted by Crippen LogP contribution is 2.22. The molecule has 0 unspecified atom stereocenters. The molecular formula is C20H21N7O3. The Bertz CT molecular complexity index is 1280. The monoisotopic (exact) mass is 407 g/mol. The molecule has 4 rings (SSSR count). The molecule has 0 radical (unpaired) electrons. The minimum atomic E-state index is -0.559. The highest BCUT2D eigenvalue weighted by Gasteiger charge is 2.18. The van der Waals surface area contributed by atoms with Gasteiger partial charge in [-0.15, -0.1) is 0 Å². The second-order valence-corrected chi connectivity index (χ2v) is 7.00. The van der Waals surface area contributed by atoms with E-state index in [1.807, 2.05) is 43.6 Å². The SMILES string of the molecule is CN(Cc1cc(-c2cnn(C)c2)no1)c1c(N)n(Cc2ccccc2)c(=O)[nH]c1=O. The van der Waals surface area contributed by atoms with Crippen LogP contribution in [0.25, 0.3) is 11.3 Å². The molecule has 0 amide bonds. The third kappa shape index (κ3) is 3.75. The molecule has 0 fully saturated rings. The van der Waals surface area contributed by atoms with E-state index in [-0.39, 0.29) is 24.6 Å². The summed E-state index contributed by atoms with van der Waals surface area (Å²) in [6, 6.07) is 11.2. The quantitative estimate of drug-likeness (QED) is 0.491. The lowest BCUT2D eigenvalue weighted by atomic mass is 10.2. The summed E-state index contributed by atoms with van der Waals surface area (Å²) in [4.78, 5) is 28.8. The maximum atomic E-state index is 12.5. The molecule has 10 heteroatoms. The van der Waals surface area contributed by atoms with Crippen LogP contribution in [0.15, 0.2) is 62.9 Å². The summed E-state index contributed by atoms with van der Waals surface area (Å²) in [5.74, 6) is 0.623. The first kappa shape index (κ1) is 19.2. The third-order valence-corrected chi connectivity index (χ3v) is 4.73. The number of nitrogens with two attached hydrogens (primary N) is 1. The number of nitrogens with zero attached hydrogens (tertiary/aromatic N) is 5. The van der Waals surface area contributed by atoms with E-state index in [9.17, 15) is 9.59 Å². The van der Waals surface area contributed by atoms with Crippen molar-refractivity contribution in [1.29, 1.82) is 0 Å². The Morgan fingerprint density at radius 1 is 1.23 bits per heavy atom. The van der Waals surface area contributed by atoms with Gasteiger partial charge < -0.3 is 15.2 Å². The van der Waals surface area contributed by atoms with Crippen LogP contribution >= 0.6 is 0 Å². The number of anilines is 2. The van der Waals surface area contributed by atoms with Crippen molar-refractivity contribution in [2.45, 2.75) is 13.1 Å². The van der Waals surface area contributed by atoms with Gasteiger partial charge in [0.15, 0.2) is 5.76 Å². The Labute approximate surface area is 171 Å². The van der Waals surface area contributed by atoms with E-state index < -0.39 is 11.2 Å². The summed E-state index contributed by atoms with van der Waals surface area (Å²) in [6.07, 6.45) is 3.51. The molecule has 30 heavy (non-hydrogen) atoms. The molecule has 0 aliphatic carbocycles. The largest absolute Gasteiger partial charge is 0.383 e. The summed E-state index contributed by atoms with van der Waals surface area (Å²) < 4.78 is 8.41. The van der Waals surface area contributed by atoms with E-state index in [1.165, 1.54) is 4.57 Å². The molecule has 10 nitrogen and oxygen atoms in total. The summed E-state index contributed by atoms with van der Waals surface area (Å²) >= 11 is 0. The van der Waals surface area contributed by atoms with Crippen molar-refractivity contribution in [2.75, 3.05) is 17.7 Å². The average Bonchev–Trinajstić information content (AvgIpc) is 3.34. The molecule has 3 heterocycles. The van der Waals surface area contributed by atoms with E-state index in [2.05, 4.69) is 15.2 Å². The minimum Gasteiger partial charge on any atom is -0.383 e. The standard InChI is InChI=1S/C20H21N7O3/c1-25(12-15-8-16(24-30-15)14-9-22-26(2)11-14)17-18(21)27(20(29)23-19(17)28)10-13-6-4-3-5-7-13/h3-9,11H,10,12,21H2,1-2H3,(H,23,28,29). The van der Waals surface area contributed by atoms with Crippen molar-refractivity contribution in [1.82, 2.24) is 24.5 Å². The highest BCUT2D eigenvalue weighted by atomic mass is 16.5. The predicted molar refractivity (Wildman–Crippen MR) is 112 cm³/mol. The Balaban J connectivity index is 1.62. The van der Waals surface area contributed by atoms with Crippen molar-refractivity contribution < 1.29 is 4.52 Å². The molecule has 3 aromatic heterocycles. The number of benzene rings is 1. The van der Waals surface area contributed by atoms with Crippen LogP contribution in [0.4, 0.5) is 11.5 Å². The number of nitrogens with one attached hydrogen (secondary N) is 1. The fourth-order valence-electron chi connectivity index (χ4n) is 3.26. The summed E-state index contributed by atoms with van der Waals surface area (Å²) in [5, 5.41) is 8.17. The highest BCUT2D eigenvalue weighted by molar-refractivity contribution is 5.62. The van der Waals surface area contributed by atoms with Gasteiger partial charge in [0, 0.05) is 31.9 Å². The van der Waals surface area contributed by atoms with Gasteiger partial charge in [-0.2, -0.15) is 5.10 Å². The van der Waals surface area contributed by atoms with Gasteiger partial charge >= 0.3 is 5.69 Å². The molecule has 0 aliphatic heterocycles. The van der Waals surface area contributed by atoms with Crippen LogP contribution in [0.2, 0.25) is 0 Å². The van der Waals surface area contributed by atoms with Crippen molar-refractivity contribution in [2.24, 2.45) is 7.05 Å². The normalized spacial score (nSPS) is 11.0. The number of nitrogen functional groups attached to an aromatic ring is 1. The molecule has 0 saturated carbocycles. The number of aryl methyl sites for hydroxylation is 1. The zero-order valence-electron chi connectivity index (χ0n) is 16.6. The van der Waals surface area contributed by atoms with Crippen LogP contribution in [-0.4, -0.2) is 31.5 Å². The maximum Gasteiger partial charge on any atom is 0.330 e. The Morgan fingerprint density at radius 2 is 2.00 bits per heavy atom. The van der Waals surface area contributed by atoms with Gasteiger partial charge in [0.1, 0.15) is 17.2 Å². The fraction of sp³-hybridized carbons (Fsp3) is 0.200. The van der Waals surface area contributed by atoms with Crippen LogP contribution in [0.3, 0.4) is 0 Å². The second-order valence-electron chi connectivity index (χ2n) is 7.00. The molecule has 0 atom stereocenters.